The molecule has 0 aliphatic heterocycles. The number of carbonyl (C=O) groups excluding carboxylic acids is 1. The molecule has 17 heavy (non-hydrogen) atoms. The van der Waals surface area contributed by atoms with E-state index >= 15 is 0 Å². The van der Waals surface area contributed by atoms with Crippen LogP contribution in [0.5, 0.6) is 0 Å². The number of nitrogens with one attached hydrogen (secondary N) is 1. The lowest BCUT2D eigenvalue weighted by Crippen LogP contribution is -2.29. The number of benzene rings is 1. The van der Waals surface area contributed by atoms with Crippen molar-refractivity contribution in [3.63, 3.8) is 0 Å². The van der Waals surface area contributed by atoms with Crippen molar-refractivity contribution in [1.82, 2.24) is 5.32 Å². The van der Waals surface area contributed by atoms with Gasteiger partial charge < -0.3 is 15.8 Å². The molecule has 0 heterocycles. The van der Waals surface area contributed by atoms with E-state index in [1.807, 2.05) is 31.2 Å². The Morgan fingerprint density at radius 3 is 2.94 bits per heavy atom. The Morgan fingerprint density at radius 2 is 2.29 bits per heavy atom. The highest BCUT2D eigenvalue weighted by molar-refractivity contribution is 5.83. The van der Waals surface area contributed by atoms with Gasteiger partial charge in [-0.1, -0.05) is 12.1 Å². The number of hydrogen-bond acceptors (Lipinski definition) is 3. The summed E-state index contributed by atoms with van der Waals surface area (Å²) in [7, 11) is 1.65. The molecule has 1 aromatic carbocycles. The Morgan fingerprint density at radius 1 is 1.53 bits per heavy atom. The van der Waals surface area contributed by atoms with Crippen LogP contribution < -0.4 is 11.1 Å². The van der Waals surface area contributed by atoms with Crippen LogP contribution in [0.3, 0.4) is 0 Å². The lowest BCUT2D eigenvalue weighted by molar-refractivity contribution is -0.122. The monoisotopic (exact) mass is 236 g/mol. The fourth-order valence-corrected chi connectivity index (χ4v) is 1.56. The van der Waals surface area contributed by atoms with Gasteiger partial charge in [0, 0.05) is 25.9 Å². The van der Waals surface area contributed by atoms with Gasteiger partial charge in [-0.05, 0) is 31.0 Å². The van der Waals surface area contributed by atoms with Gasteiger partial charge in [0.1, 0.15) is 0 Å². The molecule has 3 N–H and O–H groups in total. The number of anilines is 1. The van der Waals surface area contributed by atoms with Gasteiger partial charge in [-0.15, -0.1) is 0 Å². The number of ether oxygens (including phenoxy) is 1. The number of rotatable bonds is 6. The van der Waals surface area contributed by atoms with Crippen LogP contribution in [0, 0.1) is 0 Å². The molecule has 4 heteroatoms. The average Bonchev–Trinajstić information content (AvgIpc) is 2.33. The lowest BCUT2D eigenvalue weighted by atomic mass is 10.00. The summed E-state index contributed by atoms with van der Waals surface area (Å²) in [6.45, 7) is 3.17. The maximum Gasteiger partial charge on any atom is 0.227 e. The average molecular weight is 236 g/mol. The molecule has 1 amide bonds. The number of amides is 1. The predicted molar refractivity (Wildman–Crippen MR) is 68.8 cm³/mol. The Labute approximate surface area is 102 Å². The largest absolute Gasteiger partial charge is 0.399 e. The third-order valence-electron chi connectivity index (χ3n) is 2.63. The number of nitrogens with two attached hydrogens (primary N) is 1. The summed E-state index contributed by atoms with van der Waals surface area (Å²) < 4.78 is 4.92. The van der Waals surface area contributed by atoms with Gasteiger partial charge in [-0.3, -0.25) is 4.79 Å². The molecule has 0 fully saturated rings. The van der Waals surface area contributed by atoms with E-state index in [2.05, 4.69) is 5.32 Å². The molecule has 1 atom stereocenters. The highest BCUT2D eigenvalue weighted by atomic mass is 16.5. The first-order valence-electron chi connectivity index (χ1n) is 5.77. The van der Waals surface area contributed by atoms with Gasteiger partial charge in [0.15, 0.2) is 0 Å². The molecule has 0 spiro atoms. The number of nitrogen functional groups attached to an aromatic ring is 1. The molecule has 0 aliphatic rings. The molecule has 0 saturated carbocycles. The Hall–Kier alpha value is -1.55. The predicted octanol–water partition coefficient (Wildman–Crippen LogP) is 1.52. The van der Waals surface area contributed by atoms with Crippen LogP contribution in [0.25, 0.3) is 0 Å². The van der Waals surface area contributed by atoms with Crippen molar-refractivity contribution in [1.29, 1.82) is 0 Å². The van der Waals surface area contributed by atoms with Gasteiger partial charge >= 0.3 is 0 Å². The van der Waals surface area contributed by atoms with E-state index in [9.17, 15) is 4.79 Å². The third-order valence-corrected chi connectivity index (χ3v) is 2.63. The zero-order valence-electron chi connectivity index (χ0n) is 10.4. The number of carbonyl (C=O) groups is 1. The van der Waals surface area contributed by atoms with Crippen LogP contribution in [-0.2, 0) is 9.53 Å². The van der Waals surface area contributed by atoms with E-state index < -0.39 is 0 Å². The Balaban J connectivity index is 2.46. The first kappa shape index (κ1) is 13.5. The van der Waals surface area contributed by atoms with Crippen LogP contribution in [-0.4, -0.2) is 26.2 Å². The molecule has 1 aromatic rings. The van der Waals surface area contributed by atoms with Crippen LogP contribution in [0.1, 0.15) is 24.8 Å². The lowest BCUT2D eigenvalue weighted by Gasteiger charge is -2.12. The van der Waals surface area contributed by atoms with Crippen LogP contribution in [0.15, 0.2) is 24.3 Å². The minimum atomic E-state index is -0.180. The van der Waals surface area contributed by atoms with Crippen molar-refractivity contribution in [2.75, 3.05) is 26.0 Å². The summed E-state index contributed by atoms with van der Waals surface area (Å²) in [5.41, 5.74) is 7.31. The molecular formula is C13H20N2O2. The second-order valence-electron chi connectivity index (χ2n) is 4.03. The third kappa shape index (κ3) is 4.44. The maximum absolute atomic E-state index is 11.8. The van der Waals surface area contributed by atoms with Gasteiger partial charge in [-0.2, -0.15) is 0 Å². The Bertz CT molecular complexity index is 366. The highest BCUT2D eigenvalue weighted by Gasteiger charge is 2.14. The summed E-state index contributed by atoms with van der Waals surface area (Å²) in [6, 6.07) is 7.42. The van der Waals surface area contributed by atoms with Crippen molar-refractivity contribution in [3.05, 3.63) is 29.8 Å². The Kier molecular flexibility index (Phi) is 5.49. The van der Waals surface area contributed by atoms with Crippen LogP contribution >= 0.6 is 0 Å². The van der Waals surface area contributed by atoms with Crippen molar-refractivity contribution < 1.29 is 9.53 Å². The molecule has 1 unspecified atom stereocenters. The van der Waals surface area contributed by atoms with E-state index in [4.69, 9.17) is 10.5 Å². The van der Waals surface area contributed by atoms with Gasteiger partial charge in [0.2, 0.25) is 5.91 Å². The summed E-state index contributed by atoms with van der Waals surface area (Å²) in [4.78, 5) is 11.8. The van der Waals surface area contributed by atoms with E-state index in [-0.39, 0.29) is 11.8 Å². The second-order valence-corrected chi connectivity index (χ2v) is 4.03. The first-order valence-corrected chi connectivity index (χ1v) is 5.77. The van der Waals surface area contributed by atoms with E-state index in [0.29, 0.717) is 18.8 Å². The molecule has 0 radical (unpaired) electrons. The molecule has 0 aromatic heterocycles. The van der Waals surface area contributed by atoms with Gasteiger partial charge in [0.05, 0.1) is 5.92 Å². The van der Waals surface area contributed by atoms with Crippen molar-refractivity contribution in [2.24, 2.45) is 0 Å². The standard InChI is InChI=1S/C13H20N2O2/c1-10(11-5-3-6-12(14)9-11)13(16)15-7-4-8-17-2/h3,5-6,9-10H,4,7-8,14H2,1-2H3,(H,15,16). The minimum absolute atomic E-state index is 0.0201. The van der Waals surface area contributed by atoms with Crippen molar-refractivity contribution >= 4 is 11.6 Å². The van der Waals surface area contributed by atoms with E-state index in [1.54, 1.807) is 7.11 Å². The number of methoxy groups -OCH3 is 1. The molecule has 0 saturated heterocycles. The molecule has 94 valence electrons. The summed E-state index contributed by atoms with van der Waals surface area (Å²) in [5.74, 6) is -0.159. The van der Waals surface area contributed by atoms with Crippen molar-refractivity contribution in [2.45, 2.75) is 19.3 Å². The smallest absolute Gasteiger partial charge is 0.227 e. The van der Waals surface area contributed by atoms with E-state index in [0.717, 1.165) is 12.0 Å². The number of hydrogen-bond donors (Lipinski definition) is 2. The topological polar surface area (TPSA) is 64.3 Å². The fourth-order valence-electron chi connectivity index (χ4n) is 1.56. The molecule has 1 rings (SSSR count). The van der Waals surface area contributed by atoms with E-state index in [1.165, 1.54) is 0 Å². The molecule has 0 bridgehead atoms. The SMILES string of the molecule is COCCCNC(=O)C(C)c1cccc(N)c1. The minimum Gasteiger partial charge on any atom is -0.399 e. The van der Waals surface area contributed by atoms with Gasteiger partial charge in [0.25, 0.3) is 0 Å². The summed E-state index contributed by atoms with van der Waals surface area (Å²) in [5, 5.41) is 2.88. The van der Waals surface area contributed by atoms with Crippen LogP contribution in [0.2, 0.25) is 0 Å². The zero-order valence-corrected chi connectivity index (χ0v) is 10.4. The molecular weight excluding hydrogens is 216 g/mol. The molecule has 0 aliphatic carbocycles. The van der Waals surface area contributed by atoms with Gasteiger partial charge in [-0.25, -0.2) is 0 Å². The normalized spacial score (nSPS) is 12.1. The zero-order chi connectivity index (χ0) is 12.7. The second kappa shape index (κ2) is 6.91. The fraction of sp³-hybridized carbons (Fsp3) is 0.462. The molecule has 4 nitrogen and oxygen atoms in total. The van der Waals surface area contributed by atoms with Crippen LogP contribution in [0.4, 0.5) is 5.69 Å². The maximum atomic E-state index is 11.8. The van der Waals surface area contributed by atoms with Crippen molar-refractivity contribution in [3.8, 4) is 0 Å². The summed E-state index contributed by atoms with van der Waals surface area (Å²) >= 11 is 0. The summed E-state index contributed by atoms with van der Waals surface area (Å²) in [6.07, 6.45) is 0.825. The highest BCUT2D eigenvalue weighted by Crippen LogP contribution is 2.17. The first-order chi connectivity index (χ1) is 8.15. The quantitative estimate of drug-likeness (QED) is 0.581.